The van der Waals surface area contributed by atoms with Crippen molar-refractivity contribution in [3.05, 3.63) is 146 Å². The number of carboxylic acids is 1. The predicted molar refractivity (Wildman–Crippen MR) is 312 cm³/mol. The first-order valence-electron chi connectivity index (χ1n) is 28.8. The molecule has 0 amide bonds. The van der Waals surface area contributed by atoms with Gasteiger partial charge in [-0.15, -0.1) is 0 Å². The van der Waals surface area contributed by atoms with Crippen molar-refractivity contribution in [2.24, 2.45) is 0 Å². The highest BCUT2D eigenvalue weighted by molar-refractivity contribution is 5.74. The zero-order valence-electron chi connectivity index (χ0n) is 47.1. The predicted octanol–water partition coefficient (Wildman–Crippen LogP) is 14.8. The first-order valence-corrected chi connectivity index (χ1v) is 28.8. The first kappa shape index (κ1) is 69.6. The topological polar surface area (TPSA) is 175 Å². The van der Waals surface area contributed by atoms with E-state index in [1.165, 1.54) is 19.3 Å². The number of carbonyl (C=O) groups excluding carboxylic acids is 3. The molecule has 1 saturated heterocycles. The summed E-state index contributed by atoms with van der Waals surface area (Å²) in [4.78, 5) is 51.0. The summed E-state index contributed by atoms with van der Waals surface area (Å²) in [7, 11) is 0. The average molecular weight is 1070 g/mol. The van der Waals surface area contributed by atoms with Crippen molar-refractivity contribution in [3.8, 4) is 0 Å². The van der Waals surface area contributed by atoms with Gasteiger partial charge in [0.15, 0.2) is 24.6 Å². The van der Waals surface area contributed by atoms with Gasteiger partial charge in [0.25, 0.3) is 0 Å². The maximum atomic E-state index is 13.1. The van der Waals surface area contributed by atoms with E-state index in [4.69, 9.17) is 23.7 Å². The van der Waals surface area contributed by atoms with Crippen LogP contribution >= 0.6 is 0 Å². The Morgan fingerprint density at radius 3 is 1.30 bits per heavy atom. The SMILES string of the molecule is CC/C=C\C/C=C\C/C=C\C/C=C\C/C=C\C/C=C\CCC(=O)OCC(COC1OC(C(=O)O)C(O)C(O)C1OC(=O)CCCCCCC/C=C\C/C=C\CCCCC)OC(=O)CC/C=C\C/C=C\C/C=C\C/C=C\CC. The number of unbranched alkanes of at least 4 members (excludes halogenated alkanes) is 8. The van der Waals surface area contributed by atoms with Crippen LogP contribution in [-0.4, -0.2) is 89.2 Å². The second kappa shape index (κ2) is 51.4. The third kappa shape index (κ3) is 41.4. The van der Waals surface area contributed by atoms with Crippen LogP contribution in [0.5, 0.6) is 0 Å². The monoisotopic (exact) mass is 1070 g/mol. The molecule has 1 aliphatic heterocycles. The normalized spacial score (nSPS) is 19.1. The van der Waals surface area contributed by atoms with Crippen LogP contribution in [0.15, 0.2) is 146 Å². The van der Waals surface area contributed by atoms with Crippen LogP contribution in [0.3, 0.4) is 0 Å². The largest absolute Gasteiger partial charge is 0.479 e. The molecule has 3 N–H and O–H groups in total. The molecular weight excluding hydrogens is 973 g/mol. The fourth-order valence-corrected chi connectivity index (χ4v) is 7.55. The van der Waals surface area contributed by atoms with Crippen LogP contribution < -0.4 is 0 Å². The molecule has 1 heterocycles. The van der Waals surface area contributed by atoms with Gasteiger partial charge in [0.1, 0.15) is 18.8 Å². The molecular formula is C65H98O12. The van der Waals surface area contributed by atoms with E-state index in [0.717, 1.165) is 96.3 Å². The second-order valence-electron chi connectivity index (χ2n) is 18.8. The molecule has 0 radical (unpaired) electrons. The van der Waals surface area contributed by atoms with Crippen LogP contribution in [0, 0.1) is 0 Å². The van der Waals surface area contributed by atoms with Crippen molar-refractivity contribution in [2.45, 2.75) is 225 Å². The minimum absolute atomic E-state index is 0.0156. The Morgan fingerprint density at radius 1 is 0.442 bits per heavy atom. The second-order valence-corrected chi connectivity index (χ2v) is 18.8. The summed E-state index contributed by atoms with van der Waals surface area (Å²) in [6, 6.07) is 0. The van der Waals surface area contributed by atoms with E-state index in [0.29, 0.717) is 32.1 Å². The maximum Gasteiger partial charge on any atom is 0.335 e. The molecule has 1 fully saturated rings. The van der Waals surface area contributed by atoms with Gasteiger partial charge in [-0.1, -0.05) is 199 Å². The number of carbonyl (C=O) groups is 4. The van der Waals surface area contributed by atoms with Crippen LogP contribution in [0.4, 0.5) is 0 Å². The van der Waals surface area contributed by atoms with Gasteiger partial charge < -0.3 is 39.0 Å². The number of hydrogen-bond acceptors (Lipinski definition) is 11. The molecule has 1 aliphatic rings. The Hall–Kier alpha value is -5.40. The van der Waals surface area contributed by atoms with Gasteiger partial charge in [-0.25, -0.2) is 4.79 Å². The molecule has 0 spiro atoms. The van der Waals surface area contributed by atoms with E-state index in [1.807, 2.05) is 30.4 Å². The molecule has 0 bridgehead atoms. The molecule has 1 rings (SSSR count). The zero-order chi connectivity index (χ0) is 56.1. The lowest BCUT2D eigenvalue weighted by Crippen LogP contribution is -2.61. The number of aliphatic carboxylic acids is 1. The van der Waals surface area contributed by atoms with Crippen LogP contribution in [0.2, 0.25) is 0 Å². The highest BCUT2D eigenvalue weighted by Gasteiger charge is 2.50. The van der Waals surface area contributed by atoms with E-state index in [-0.39, 0.29) is 19.3 Å². The molecule has 6 unspecified atom stereocenters. The number of hydrogen-bond donors (Lipinski definition) is 3. The Morgan fingerprint density at radius 2 is 0.844 bits per heavy atom. The molecule has 0 aromatic rings. The lowest BCUT2D eigenvalue weighted by atomic mass is 9.98. The van der Waals surface area contributed by atoms with E-state index in [1.54, 1.807) is 0 Å². The van der Waals surface area contributed by atoms with Crippen molar-refractivity contribution in [1.82, 2.24) is 0 Å². The zero-order valence-corrected chi connectivity index (χ0v) is 47.1. The Labute approximate surface area is 463 Å². The molecule has 0 aliphatic carbocycles. The number of ether oxygens (including phenoxy) is 5. The van der Waals surface area contributed by atoms with Gasteiger partial charge in [0, 0.05) is 19.3 Å². The van der Waals surface area contributed by atoms with E-state index < -0.39 is 73.9 Å². The summed E-state index contributed by atoms with van der Waals surface area (Å²) < 4.78 is 28.2. The summed E-state index contributed by atoms with van der Waals surface area (Å²) in [6.07, 6.45) is 61.4. The summed E-state index contributed by atoms with van der Waals surface area (Å²) in [5.41, 5.74) is 0. The van der Waals surface area contributed by atoms with Gasteiger partial charge in [-0.2, -0.15) is 0 Å². The summed E-state index contributed by atoms with van der Waals surface area (Å²) in [5, 5.41) is 31.4. The number of aliphatic hydroxyl groups is 2. The minimum atomic E-state index is -1.94. The number of aliphatic hydroxyl groups excluding tert-OH is 2. The smallest absolute Gasteiger partial charge is 0.335 e. The quantitative estimate of drug-likeness (QED) is 0.0228. The number of carboxylic acid groups (broad SMARTS) is 1. The first-order chi connectivity index (χ1) is 37.6. The molecule has 12 nitrogen and oxygen atoms in total. The van der Waals surface area contributed by atoms with Gasteiger partial charge in [0.2, 0.25) is 0 Å². The summed E-state index contributed by atoms with van der Waals surface area (Å²) in [5.74, 6) is -3.39. The maximum absolute atomic E-state index is 13.1. The molecule has 0 aromatic carbocycles. The lowest BCUT2D eigenvalue weighted by Gasteiger charge is -2.40. The average Bonchev–Trinajstić information content (AvgIpc) is 3.42. The minimum Gasteiger partial charge on any atom is -0.479 e. The molecule has 0 aromatic heterocycles. The molecule has 6 atom stereocenters. The number of esters is 3. The van der Waals surface area contributed by atoms with Crippen molar-refractivity contribution in [1.29, 1.82) is 0 Å². The third-order valence-corrected chi connectivity index (χ3v) is 11.9. The van der Waals surface area contributed by atoms with Gasteiger partial charge in [-0.3, -0.25) is 14.4 Å². The Bertz CT molecular complexity index is 1890. The number of allylic oxidation sites excluding steroid dienone is 24. The van der Waals surface area contributed by atoms with Gasteiger partial charge in [-0.05, 0) is 116 Å². The van der Waals surface area contributed by atoms with Crippen LogP contribution in [0.1, 0.15) is 188 Å². The van der Waals surface area contributed by atoms with Crippen molar-refractivity contribution >= 4 is 23.9 Å². The summed E-state index contributed by atoms with van der Waals surface area (Å²) in [6.45, 7) is 5.57. The van der Waals surface area contributed by atoms with E-state index >= 15 is 0 Å². The van der Waals surface area contributed by atoms with E-state index in [2.05, 4.69) is 136 Å². The molecule has 0 saturated carbocycles. The number of rotatable bonds is 46. The fourth-order valence-electron chi connectivity index (χ4n) is 7.55. The Balaban J connectivity index is 2.80. The van der Waals surface area contributed by atoms with Crippen LogP contribution in [0.25, 0.3) is 0 Å². The molecule has 12 heteroatoms. The lowest BCUT2D eigenvalue weighted by molar-refractivity contribution is -0.301. The van der Waals surface area contributed by atoms with Crippen molar-refractivity contribution in [3.63, 3.8) is 0 Å². The van der Waals surface area contributed by atoms with Gasteiger partial charge in [0.05, 0.1) is 6.61 Å². The van der Waals surface area contributed by atoms with Crippen molar-refractivity contribution < 1.29 is 58.2 Å². The van der Waals surface area contributed by atoms with Crippen molar-refractivity contribution in [2.75, 3.05) is 13.2 Å². The highest BCUT2D eigenvalue weighted by Crippen LogP contribution is 2.26. The standard InChI is InChI=1S/C65H98O12/c1-4-7-10-13-16-19-22-25-27-28-29-30-32-34-36-39-42-45-48-51-57(66)73-54-56(75-58(67)52-49-46-43-40-37-33-24-21-18-15-12-9-6-3)55-74-65-63(61(70)60(69)62(77-65)64(71)72)76-59(68)53-50-47-44-41-38-35-31-26-23-20-17-14-11-8-5-2/h7,9-10,12,16-21,25-27,29-31,33-34,36-37,42-43,45-46,56,60-63,65,69-70H,4-6,8,11,13-15,22-24,28,32,35,38-41,44,47-55H2,1-3H3,(H,71,72)/b10-7-,12-9-,19-16-,20-17-,21-18-,27-25-,30-29-,31-26-,36-34-,37-33-,45-42-,46-43-. The van der Waals surface area contributed by atoms with Gasteiger partial charge >= 0.3 is 23.9 Å². The summed E-state index contributed by atoms with van der Waals surface area (Å²) >= 11 is 0. The van der Waals surface area contributed by atoms with E-state index in [9.17, 15) is 34.5 Å². The Kier molecular flexibility index (Phi) is 46.4. The highest BCUT2D eigenvalue weighted by atomic mass is 16.7. The molecule has 430 valence electrons. The molecule has 77 heavy (non-hydrogen) atoms. The third-order valence-electron chi connectivity index (χ3n) is 11.9. The fraction of sp³-hybridized carbons (Fsp3) is 0.569. The van der Waals surface area contributed by atoms with Crippen LogP contribution in [-0.2, 0) is 42.9 Å².